The smallest absolute Gasteiger partial charge is 1.00 e. The number of rotatable bonds is 16. The van der Waals surface area contributed by atoms with Crippen LogP contribution in [-0.2, 0) is 5.79 Å². The van der Waals surface area contributed by atoms with Crippen LogP contribution >= 0.6 is 0 Å². The molecule has 0 unspecified atom stereocenters. The molecule has 4 aromatic rings. The van der Waals surface area contributed by atoms with Crippen LogP contribution in [0.2, 0.25) is 0 Å². The normalized spacial score (nSPS) is 11.0. The van der Waals surface area contributed by atoms with Gasteiger partial charge in [0.25, 0.3) is 5.79 Å². The second-order valence-electron chi connectivity index (χ2n) is 10.1. The number of hydrogen-bond donors (Lipinski definition) is 0. The Balaban J connectivity index is 0.00000280. The van der Waals surface area contributed by atoms with E-state index in [1.807, 2.05) is 60.7 Å². The quantitative estimate of drug-likeness (QED) is 0.0839. The van der Waals surface area contributed by atoms with Gasteiger partial charge in [-0.25, -0.2) is 0 Å². The van der Waals surface area contributed by atoms with Crippen molar-refractivity contribution in [2.75, 3.05) is 0 Å². The Labute approximate surface area is 259 Å². The average Bonchev–Trinajstić information content (AvgIpc) is 2.98. The van der Waals surface area contributed by atoms with Crippen molar-refractivity contribution in [3.8, 4) is 22.6 Å². The van der Waals surface area contributed by atoms with Gasteiger partial charge in [0.2, 0.25) is 0 Å². The van der Waals surface area contributed by atoms with Crippen molar-refractivity contribution in [1.29, 1.82) is 0 Å². The summed E-state index contributed by atoms with van der Waals surface area (Å²) < 4.78 is 13.8. The molecule has 0 saturated heterocycles. The van der Waals surface area contributed by atoms with Gasteiger partial charge in [-0.15, -0.1) is 0 Å². The maximum Gasteiger partial charge on any atom is 1.00 e. The molecular formula is C36H43NaO2. The summed E-state index contributed by atoms with van der Waals surface area (Å²) in [4.78, 5) is 0. The van der Waals surface area contributed by atoms with Crippen molar-refractivity contribution >= 4 is 0 Å². The molecule has 0 amide bonds. The van der Waals surface area contributed by atoms with Crippen LogP contribution in [0, 0.1) is 0 Å². The number of ether oxygens (including phenoxy) is 2. The molecule has 4 aromatic carbocycles. The summed E-state index contributed by atoms with van der Waals surface area (Å²) in [6.45, 7) is 2.28. The summed E-state index contributed by atoms with van der Waals surface area (Å²) in [5.74, 6) is 0.653. The first-order chi connectivity index (χ1) is 18.8. The van der Waals surface area contributed by atoms with Crippen molar-refractivity contribution in [2.45, 2.75) is 76.9 Å². The predicted octanol–water partition coefficient (Wildman–Crippen LogP) is 7.70. The molecule has 0 aromatic heterocycles. The van der Waals surface area contributed by atoms with E-state index >= 15 is 0 Å². The van der Waals surface area contributed by atoms with Crippen molar-refractivity contribution in [3.05, 3.63) is 121 Å². The summed E-state index contributed by atoms with van der Waals surface area (Å²) in [7, 11) is 0. The molecule has 0 heterocycles. The third-order valence-electron chi connectivity index (χ3n) is 7.08. The second kappa shape index (κ2) is 17.2. The zero-order chi connectivity index (χ0) is 26.3. The molecule has 0 aliphatic carbocycles. The molecule has 39 heavy (non-hydrogen) atoms. The molecule has 3 heteroatoms. The van der Waals surface area contributed by atoms with Crippen LogP contribution in [0.1, 0.15) is 78.1 Å². The van der Waals surface area contributed by atoms with Crippen LogP contribution in [0.4, 0.5) is 0 Å². The van der Waals surface area contributed by atoms with Crippen LogP contribution in [0.25, 0.3) is 11.1 Å². The fourth-order valence-corrected chi connectivity index (χ4v) is 5.08. The van der Waals surface area contributed by atoms with Gasteiger partial charge in [-0.2, -0.15) is 0 Å². The van der Waals surface area contributed by atoms with Crippen LogP contribution in [-0.4, -0.2) is 0 Å². The molecule has 0 N–H and O–H groups in total. The summed E-state index contributed by atoms with van der Waals surface area (Å²) in [5.41, 5.74) is 3.35. The van der Waals surface area contributed by atoms with Crippen molar-refractivity contribution < 1.29 is 40.5 Å². The minimum absolute atomic E-state index is 0. The summed E-state index contributed by atoms with van der Waals surface area (Å²) in [6.07, 6.45) is 12.2. The van der Waals surface area contributed by atoms with Gasteiger partial charge in [0, 0.05) is 12.0 Å². The average molecular weight is 531 g/mol. The molecule has 200 valence electrons. The van der Waals surface area contributed by atoms with E-state index in [-0.39, 0.29) is 31.0 Å². The molecule has 0 saturated carbocycles. The van der Waals surface area contributed by atoms with Gasteiger partial charge < -0.3 is 10.9 Å². The Hall–Kier alpha value is -2.52. The first-order valence-corrected chi connectivity index (χ1v) is 14.4. The third-order valence-corrected chi connectivity index (χ3v) is 7.08. The second-order valence-corrected chi connectivity index (χ2v) is 10.1. The number of benzene rings is 4. The Bertz CT molecular complexity index is 1140. The molecule has 0 radical (unpaired) electrons. The summed E-state index contributed by atoms with van der Waals surface area (Å²) >= 11 is 0. The van der Waals surface area contributed by atoms with Crippen LogP contribution in [0.5, 0.6) is 11.5 Å². The molecule has 0 spiro atoms. The molecule has 0 aliphatic rings. The molecule has 0 atom stereocenters. The van der Waals surface area contributed by atoms with Gasteiger partial charge in [0.05, 0.1) is 0 Å². The van der Waals surface area contributed by atoms with Crippen molar-refractivity contribution in [3.63, 3.8) is 0 Å². The Kier molecular flexibility index (Phi) is 13.7. The molecular weight excluding hydrogens is 487 g/mol. The largest absolute Gasteiger partial charge is 1.00 e. The fourth-order valence-electron chi connectivity index (χ4n) is 5.08. The monoisotopic (exact) mass is 530 g/mol. The number of unbranched alkanes of at least 4 members (excludes halogenated alkanes) is 8. The van der Waals surface area contributed by atoms with Gasteiger partial charge in [-0.1, -0.05) is 149 Å². The maximum absolute atomic E-state index is 6.90. The number of hydrogen-bond acceptors (Lipinski definition) is 2. The molecule has 0 fully saturated rings. The van der Waals surface area contributed by atoms with E-state index in [2.05, 4.69) is 61.5 Å². The van der Waals surface area contributed by atoms with Gasteiger partial charge in [0.1, 0.15) is 11.5 Å². The van der Waals surface area contributed by atoms with Gasteiger partial charge >= 0.3 is 29.6 Å². The Morgan fingerprint density at radius 1 is 0.513 bits per heavy atom. The predicted molar refractivity (Wildman–Crippen MR) is 161 cm³/mol. The minimum atomic E-state index is -0.962. The molecule has 2 nitrogen and oxygen atoms in total. The van der Waals surface area contributed by atoms with Gasteiger partial charge in [-0.3, -0.25) is 0 Å². The van der Waals surface area contributed by atoms with E-state index in [1.54, 1.807) is 0 Å². The Morgan fingerprint density at radius 2 is 0.949 bits per heavy atom. The van der Waals surface area contributed by atoms with E-state index < -0.39 is 5.79 Å². The van der Waals surface area contributed by atoms with E-state index in [0.29, 0.717) is 0 Å². The molecule has 0 bridgehead atoms. The van der Waals surface area contributed by atoms with Gasteiger partial charge in [0.15, 0.2) is 0 Å². The van der Waals surface area contributed by atoms with E-state index in [0.717, 1.165) is 41.0 Å². The van der Waals surface area contributed by atoms with Gasteiger partial charge in [-0.05, 0) is 41.8 Å². The third kappa shape index (κ3) is 9.57. The zero-order valence-electron chi connectivity index (χ0n) is 24.9. The summed E-state index contributed by atoms with van der Waals surface area (Å²) in [5, 5.41) is 0. The Morgan fingerprint density at radius 3 is 1.49 bits per heavy atom. The fraction of sp³-hybridized carbons (Fsp3) is 0.333. The van der Waals surface area contributed by atoms with E-state index in [9.17, 15) is 0 Å². The maximum atomic E-state index is 6.90. The SMILES string of the molecule is CCCCCCCCCCCC(Oc1ccccc1)(Oc1ccccc1)c1ccccc1-c1ccccc1.[H-].[Na+]. The zero-order valence-corrected chi connectivity index (χ0v) is 25.9. The van der Waals surface area contributed by atoms with Crippen LogP contribution in [0.3, 0.4) is 0 Å². The first kappa shape index (κ1) is 31.0. The minimum Gasteiger partial charge on any atom is -1.00 e. The van der Waals surface area contributed by atoms with Crippen LogP contribution < -0.4 is 39.0 Å². The van der Waals surface area contributed by atoms with Crippen LogP contribution in [0.15, 0.2) is 115 Å². The van der Waals surface area contributed by atoms with E-state index in [4.69, 9.17) is 9.47 Å². The summed E-state index contributed by atoms with van der Waals surface area (Å²) in [6, 6.07) is 39.3. The standard InChI is InChI=1S/C36H42O2.Na.H/c1-2-3-4-5-6-7-8-9-21-30-36(37-32-24-15-11-16-25-32,38-33-26-17-12-18-27-33)35-29-20-19-28-34(35)31-22-13-10-14-23-31;;/h10-20,22-29H,2-9,21,30H2,1H3;;/q;+1;-1. The first-order valence-electron chi connectivity index (χ1n) is 14.4. The molecule has 0 aliphatic heterocycles. The number of para-hydroxylation sites is 2. The van der Waals surface area contributed by atoms with Crippen molar-refractivity contribution in [2.24, 2.45) is 0 Å². The topological polar surface area (TPSA) is 18.5 Å². The van der Waals surface area contributed by atoms with Crippen molar-refractivity contribution in [1.82, 2.24) is 0 Å². The van der Waals surface area contributed by atoms with E-state index in [1.165, 1.54) is 51.4 Å². The molecule has 4 rings (SSSR count).